The van der Waals surface area contributed by atoms with E-state index >= 15 is 0 Å². The molecule has 0 aromatic rings. The van der Waals surface area contributed by atoms with Crippen LogP contribution >= 0.6 is 0 Å². The second kappa shape index (κ2) is 9.70. The van der Waals surface area contributed by atoms with Crippen LogP contribution in [0, 0.1) is 0 Å². The Hall–Kier alpha value is -0.160. The highest BCUT2D eigenvalue weighted by Crippen LogP contribution is 2.09. The maximum Gasteiger partial charge on any atom is 0.0446 e. The van der Waals surface area contributed by atoms with Crippen LogP contribution in [0.5, 0.6) is 0 Å². The molecular formula is C15H33N3O. The van der Waals surface area contributed by atoms with Crippen molar-refractivity contribution in [1.82, 2.24) is 15.1 Å². The molecule has 0 radical (unpaired) electrons. The van der Waals surface area contributed by atoms with Gasteiger partial charge in [-0.2, -0.15) is 0 Å². The maximum absolute atomic E-state index is 9.15. The number of piperazine rings is 1. The second-order valence-corrected chi connectivity index (χ2v) is 5.76. The third kappa shape index (κ3) is 6.21. The van der Waals surface area contributed by atoms with Crippen LogP contribution in [0.25, 0.3) is 0 Å². The van der Waals surface area contributed by atoms with Gasteiger partial charge in [0.25, 0.3) is 0 Å². The molecule has 4 heteroatoms. The highest BCUT2D eigenvalue weighted by atomic mass is 16.3. The average Bonchev–Trinajstić information content (AvgIpc) is 2.45. The summed E-state index contributed by atoms with van der Waals surface area (Å²) in [6.45, 7) is 13.9. The first-order valence-corrected chi connectivity index (χ1v) is 8.01. The molecule has 2 N–H and O–H groups in total. The van der Waals surface area contributed by atoms with Gasteiger partial charge in [-0.25, -0.2) is 0 Å². The SMILES string of the molecule is CCCNC(CCO)CN1CCN(C(C)CC)CC1. The third-order valence-electron chi connectivity index (χ3n) is 4.26. The fraction of sp³-hybridized carbons (Fsp3) is 1.00. The lowest BCUT2D eigenvalue weighted by atomic mass is 10.1. The minimum Gasteiger partial charge on any atom is -0.396 e. The standard InChI is InChI=1S/C15H33N3O/c1-4-7-16-15(6-12-19)13-17-8-10-18(11-9-17)14(3)5-2/h14-16,19H,4-13H2,1-3H3. The quantitative estimate of drug-likeness (QED) is 0.660. The van der Waals surface area contributed by atoms with E-state index in [2.05, 4.69) is 35.9 Å². The minimum atomic E-state index is 0.286. The predicted molar refractivity (Wildman–Crippen MR) is 81.6 cm³/mol. The van der Waals surface area contributed by atoms with Gasteiger partial charge >= 0.3 is 0 Å². The Balaban J connectivity index is 2.29. The summed E-state index contributed by atoms with van der Waals surface area (Å²) in [6.07, 6.45) is 3.26. The van der Waals surface area contributed by atoms with E-state index in [1.54, 1.807) is 0 Å². The molecule has 1 rings (SSSR count). The van der Waals surface area contributed by atoms with Crippen molar-refractivity contribution in [1.29, 1.82) is 0 Å². The van der Waals surface area contributed by atoms with Gasteiger partial charge in [0.15, 0.2) is 0 Å². The molecule has 0 saturated carbocycles. The van der Waals surface area contributed by atoms with E-state index < -0.39 is 0 Å². The fourth-order valence-electron chi connectivity index (χ4n) is 2.72. The second-order valence-electron chi connectivity index (χ2n) is 5.76. The predicted octanol–water partition coefficient (Wildman–Crippen LogP) is 1.15. The first-order chi connectivity index (χ1) is 9.21. The molecule has 2 atom stereocenters. The molecular weight excluding hydrogens is 238 g/mol. The number of rotatable bonds is 9. The maximum atomic E-state index is 9.15. The van der Waals surface area contributed by atoms with Crippen molar-refractivity contribution in [3.8, 4) is 0 Å². The Morgan fingerprint density at radius 1 is 1.16 bits per heavy atom. The first kappa shape index (κ1) is 16.9. The zero-order valence-electron chi connectivity index (χ0n) is 13.1. The van der Waals surface area contributed by atoms with Crippen LogP contribution in [0.4, 0.5) is 0 Å². The van der Waals surface area contributed by atoms with E-state index in [-0.39, 0.29) is 6.61 Å². The normalized spacial score (nSPS) is 21.5. The lowest BCUT2D eigenvalue weighted by Gasteiger charge is -2.39. The van der Waals surface area contributed by atoms with Crippen LogP contribution in [0.1, 0.15) is 40.0 Å². The van der Waals surface area contributed by atoms with Crippen LogP contribution in [0.3, 0.4) is 0 Å². The summed E-state index contributed by atoms with van der Waals surface area (Å²) in [5.41, 5.74) is 0. The fourth-order valence-corrected chi connectivity index (χ4v) is 2.72. The van der Waals surface area contributed by atoms with Crippen molar-refractivity contribution in [2.45, 2.75) is 52.1 Å². The number of nitrogens with one attached hydrogen (secondary N) is 1. The monoisotopic (exact) mass is 271 g/mol. The van der Waals surface area contributed by atoms with Crippen LogP contribution < -0.4 is 5.32 Å². The molecule has 0 aromatic heterocycles. The average molecular weight is 271 g/mol. The van der Waals surface area contributed by atoms with Gasteiger partial charge in [0.05, 0.1) is 0 Å². The summed E-state index contributed by atoms with van der Waals surface area (Å²) in [4.78, 5) is 5.14. The van der Waals surface area contributed by atoms with Crippen molar-refractivity contribution in [2.24, 2.45) is 0 Å². The van der Waals surface area contributed by atoms with Gasteiger partial charge in [-0.15, -0.1) is 0 Å². The van der Waals surface area contributed by atoms with E-state index in [9.17, 15) is 0 Å². The Kier molecular flexibility index (Phi) is 8.62. The molecule has 0 spiro atoms. The summed E-state index contributed by atoms with van der Waals surface area (Å²) >= 11 is 0. The van der Waals surface area contributed by atoms with Gasteiger partial charge in [0.1, 0.15) is 0 Å². The van der Waals surface area contributed by atoms with E-state index in [1.807, 2.05) is 0 Å². The molecule has 1 fully saturated rings. The molecule has 4 nitrogen and oxygen atoms in total. The smallest absolute Gasteiger partial charge is 0.0446 e. The van der Waals surface area contributed by atoms with Crippen LogP contribution in [-0.2, 0) is 0 Å². The molecule has 1 aliphatic heterocycles. The molecule has 19 heavy (non-hydrogen) atoms. The van der Waals surface area contributed by atoms with Gasteiger partial charge in [-0.1, -0.05) is 13.8 Å². The van der Waals surface area contributed by atoms with Crippen molar-refractivity contribution < 1.29 is 5.11 Å². The number of nitrogens with zero attached hydrogens (tertiary/aromatic N) is 2. The molecule has 0 amide bonds. The number of aliphatic hydroxyl groups is 1. The van der Waals surface area contributed by atoms with Gasteiger partial charge in [-0.3, -0.25) is 9.80 Å². The van der Waals surface area contributed by atoms with Crippen LogP contribution in [-0.4, -0.2) is 72.9 Å². The Labute approximate surface area is 119 Å². The Morgan fingerprint density at radius 2 is 1.84 bits per heavy atom. The lowest BCUT2D eigenvalue weighted by Crippen LogP contribution is -2.52. The lowest BCUT2D eigenvalue weighted by molar-refractivity contribution is 0.0910. The summed E-state index contributed by atoms with van der Waals surface area (Å²) < 4.78 is 0. The third-order valence-corrected chi connectivity index (χ3v) is 4.26. The molecule has 114 valence electrons. The van der Waals surface area contributed by atoms with Gasteiger partial charge in [0.2, 0.25) is 0 Å². The van der Waals surface area contributed by atoms with E-state index in [0.717, 1.165) is 25.9 Å². The molecule has 0 aromatic carbocycles. The van der Waals surface area contributed by atoms with Gasteiger partial charge < -0.3 is 10.4 Å². The van der Waals surface area contributed by atoms with E-state index in [4.69, 9.17) is 5.11 Å². The molecule has 2 unspecified atom stereocenters. The Morgan fingerprint density at radius 3 is 2.37 bits per heavy atom. The molecule has 1 heterocycles. The summed E-state index contributed by atoms with van der Waals surface area (Å²) in [5, 5.41) is 12.7. The topological polar surface area (TPSA) is 38.7 Å². The number of hydrogen-bond donors (Lipinski definition) is 2. The van der Waals surface area contributed by atoms with Crippen LogP contribution in [0.2, 0.25) is 0 Å². The van der Waals surface area contributed by atoms with Crippen molar-refractivity contribution in [2.75, 3.05) is 45.9 Å². The van der Waals surface area contributed by atoms with Gasteiger partial charge in [-0.05, 0) is 32.7 Å². The molecule has 1 aliphatic rings. The highest BCUT2D eigenvalue weighted by Gasteiger charge is 2.21. The van der Waals surface area contributed by atoms with E-state index in [1.165, 1.54) is 32.6 Å². The number of aliphatic hydroxyl groups excluding tert-OH is 1. The largest absolute Gasteiger partial charge is 0.396 e. The Bertz CT molecular complexity index is 217. The van der Waals surface area contributed by atoms with Crippen molar-refractivity contribution in [3.05, 3.63) is 0 Å². The van der Waals surface area contributed by atoms with Gasteiger partial charge in [0, 0.05) is 51.4 Å². The zero-order valence-corrected chi connectivity index (χ0v) is 13.1. The molecule has 0 bridgehead atoms. The summed E-state index contributed by atoms with van der Waals surface area (Å²) in [5.74, 6) is 0. The van der Waals surface area contributed by atoms with Crippen molar-refractivity contribution >= 4 is 0 Å². The minimum absolute atomic E-state index is 0.286. The zero-order chi connectivity index (χ0) is 14.1. The highest BCUT2D eigenvalue weighted by molar-refractivity contribution is 4.79. The summed E-state index contributed by atoms with van der Waals surface area (Å²) in [6, 6.07) is 1.16. The van der Waals surface area contributed by atoms with E-state index in [0.29, 0.717) is 12.1 Å². The summed E-state index contributed by atoms with van der Waals surface area (Å²) in [7, 11) is 0. The molecule has 0 aliphatic carbocycles. The molecule has 1 saturated heterocycles. The first-order valence-electron chi connectivity index (χ1n) is 8.01. The van der Waals surface area contributed by atoms with Crippen LogP contribution in [0.15, 0.2) is 0 Å². The van der Waals surface area contributed by atoms with Crippen molar-refractivity contribution in [3.63, 3.8) is 0 Å². The number of hydrogen-bond acceptors (Lipinski definition) is 4.